The van der Waals surface area contributed by atoms with E-state index in [0.29, 0.717) is 30.1 Å². The van der Waals surface area contributed by atoms with Crippen molar-refractivity contribution in [3.63, 3.8) is 0 Å². The molecule has 0 fully saturated rings. The number of aryl methyl sites for hydroxylation is 2. The van der Waals surface area contributed by atoms with Gasteiger partial charge in [0.1, 0.15) is 5.00 Å². The third kappa shape index (κ3) is 3.80. The van der Waals surface area contributed by atoms with Crippen molar-refractivity contribution < 1.29 is 15.0 Å². The molecule has 32 heavy (non-hydrogen) atoms. The Morgan fingerprint density at radius 1 is 1.28 bits per heavy atom. The lowest BCUT2D eigenvalue weighted by atomic mass is 9.96. The van der Waals surface area contributed by atoms with E-state index >= 15 is 0 Å². The van der Waals surface area contributed by atoms with Gasteiger partial charge < -0.3 is 15.1 Å². The number of nitrogens with zero attached hydrogens (tertiary/aromatic N) is 4. The molecular formula is C23H29N5O3S. The Kier molecular flexibility index (Phi) is 6.07. The second-order valence-corrected chi connectivity index (χ2v) is 9.76. The average Bonchev–Trinajstić information content (AvgIpc) is 3.30. The Bertz CT molecular complexity index is 1130. The fraction of sp³-hybridized carbons (Fsp3) is 0.435. The van der Waals surface area contributed by atoms with Crippen molar-refractivity contribution >= 4 is 22.2 Å². The minimum atomic E-state index is -1.01. The van der Waals surface area contributed by atoms with Gasteiger partial charge in [0.2, 0.25) is 6.35 Å². The van der Waals surface area contributed by atoms with Crippen LogP contribution in [0, 0.1) is 19.8 Å². The number of hydrogen-bond donors (Lipinski definition) is 3. The van der Waals surface area contributed by atoms with Gasteiger partial charge in [-0.15, -0.1) is 11.3 Å². The summed E-state index contributed by atoms with van der Waals surface area (Å²) in [5.74, 6) is 0.0846. The van der Waals surface area contributed by atoms with Crippen molar-refractivity contribution in [3.05, 3.63) is 51.4 Å². The molecule has 170 valence electrons. The summed E-state index contributed by atoms with van der Waals surface area (Å²) in [5.41, 5.74) is 5.81. The van der Waals surface area contributed by atoms with Gasteiger partial charge in [-0.2, -0.15) is 5.10 Å². The van der Waals surface area contributed by atoms with Crippen LogP contribution in [-0.2, 0) is 13.0 Å². The summed E-state index contributed by atoms with van der Waals surface area (Å²) >= 11 is 1.54. The van der Waals surface area contributed by atoms with Crippen molar-refractivity contribution in [1.82, 2.24) is 20.1 Å². The SMILES string of the molecule is Cc1n[nH]c(C)c1Cc1sc2c(c1-c1ccnc(CO)c1)C(=O)N(C)C(O)N2CC(C)C. The molecule has 8 nitrogen and oxygen atoms in total. The van der Waals surface area contributed by atoms with Gasteiger partial charge in [-0.1, -0.05) is 13.8 Å². The molecule has 4 rings (SSSR count). The summed E-state index contributed by atoms with van der Waals surface area (Å²) < 4.78 is 0. The van der Waals surface area contributed by atoms with Crippen LogP contribution in [0.2, 0.25) is 0 Å². The first-order chi connectivity index (χ1) is 15.2. The number of fused-ring (bicyclic) bond motifs is 1. The van der Waals surface area contributed by atoms with Crippen molar-refractivity contribution in [3.8, 4) is 11.1 Å². The zero-order chi connectivity index (χ0) is 23.2. The number of anilines is 1. The highest BCUT2D eigenvalue weighted by Crippen LogP contribution is 2.47. The molecule has 1 aliphatic heterocycles. The lowest BCUT2D eigenvalue weighted by Gasteiger charge is -2.40. The Morgan fingerprint density at radius 3 is 2.66 bits per heavy atom. The molecule has 3 N–H and O–H groups in total. The standard InChI is InChI=1S/C23H29N5O3S/c1-12(2)10-28-22-20(21(30)27(5)23(28)31)19(15-6-7-24-16(8-15)11-29)18(32-22)9-17-13(3)25-26-14(17)4/h6-8,12,23,29,31H,9-11H2,1-5H3,(H,25,26). The number of pyridine rings is 1. The van der Waals surface area contributed by atoms with Crippen molar-refractivity contribution in [2.75, 3.05) is 18.5 Å². The van der Waals surface area contributed by atoms with E-state index in [4.69, 9.17) is 0 Å². The lowest BCUT2D eigenvalue weighted by Crippen LogP contribution is -2.54. The number of aromatic nitrogens is 3. The first kappa shape index (κ1) is 22.4. The van der Waals surface area contributed by atoms with Crippen LogP contribution < -0.4 is 4.90 Å². The number of thiophene rings is 1. The number of carbonyl (C=O) groups excluding carboxylic acids is 1. The minimum Gasteiger partial charge on any atom is -0.390 e. The molecule has 0 aliphatic carbocycles. The largest absolute Gasteiger partial charge is 0.390 e. The third-order valence-corrected chi connectivity index (χ3v) is 7.06. The predicted molar refractivity (Wildman–Crippen MR) is 125 cm³/mol. The summed E-state index contributed by atoms with van der Waals surface area (Å²) in [7, 11) is 1.63. The molecule has 1 unspecified atom stereocenters. The summed E-state index contributed by atoms with van der Waals surface area (Å²) in [5, 5.41) is 28.7. The number of rotatable bonds is 6. The van der Waals surface area contributed by atoms with E-state index in [1.807, 2.05) is 30.9 Å². The van der Waals surface area contributed by atoms with Crippen LogP contribution in [0.5, 0.6) is 0 Å². The van der Waals surface area contributed by atoms with Crippen molar-refractivity contribution in [2.45, 2.75) is 47.1 Å². The van der Waals surface area contributed by atoms with E-state index in [1.54, 1.807) is 13.2 Å². The van der Waals surface area contributed by atoms with E-state index in [1.165, 1.54) is 16.2 Å². The Hall–Kier alpha value is -2.75. The summed E-state index contributed by atoms with van der Waals surface area (Å²) in [6, 6.07) is 3.69. The van der Waals surface area contributed by atoms with Gasteiger partial charge in [0.15, 0.2) is 0 Å². The molecule has 0 bridgehead atoms. The van der Waals surface area contributed by atoms with Gasteiger partial charge in [0.05, 0.1) is 23.6 Å². The maximum Gasteiger partial charge on any atom is 0.260 e. The van der Waals surface area contributed by atoms with Gasteiger partial charge in [-0.3, -0.25) is 19.8 Å². The molecule has 0 aromatic carbocycles. The summed E-state index contributed by atoms with van der Waals surface area (Å²) in [4.78, 5) is 21.9. The fourth-order valence-electron chi connectivity index (χ4n) is 4.18. The second kappa shape index (κ2) is 8.65. The minimum absolute atomic E-state index is 0.179. The maximum atomic E-state index is 13.4. The number of H-pyrrole nitrogens is 1. The number of aliphatic hydroxyl groups is 2. The van der Waals surface area contributed by atoms with E-state index in [0.717, 1.165) is 38.0 Å². The molecule has 9 heteroatoms. The molecule has 0 radical (unpaired) electrons. The number of hydrogen-bond acceptors (Lipinski definition) is 7. The average molecular weight is 456 g/mol. The molecule has 1 amide bonds. The molecule has 1 atom stereocenters. The fourth-order valence-corrected chi connectivity index (χ4v) is 5.53. The third-order valence-electron chi connectivity index (χ3n) is 5.83. The maximum absolute atomic E-state index is 13.4. The van der Waals surface area contributed by atoms with E-state index in [-0.39, 0.29) is 12.5 Å². The molecule has 3 aromatic rings. The Balaban J connectivity index is 1.96. The molecule has 0 saturated heterocycles. The van der Waals surface area contributed by atoms with Gasteiger partial charge in [-0.05, 0) is 37.5 Å². The van der Waals surface area contributed by atoms with Gasteiger partial charge in [0.25, 0.3) is 5.91 Å². The first-order valence-corrected chi connectivity index (χ1v) is 11.5. The normalized spacial score (nSPS) is 16.2. The highest BCUT2D eigenvalue weighted by molar-refractivity contribution is 7.17. The van der Waals surface area contributed by atoms with Crippen LogP contribution in [0.15, 0.2) is 18.3 Å². The molecule has 1 aliphatic rings. The topological polar surface area (TPSA) is 106 Å². The monoisotopic (exact) mass is 455 g/mol. The number of amides is 1. The predicted octanol–water partition coefficient (Wildman–Crippen LogP) is 3.06. The summed E-state index contributed by atoms with van der Waals surface area (Å²) in [6.45, 7) is 8.58. The number of carbonyl (C=O) groups is 1. The van der Waals surface area contributed by atoms with Crippen LogP contribution in [0.25, 0.3) is 11.1 Å². The van der Waals surface area contributed by atoms with Crippen molar-refractivity contribution in [1.29, 1.82) is 0 Å². The molecule has 0 saturated carbocycles. The van der Waals surface area contributed by atoms with Crippen LogP contribution in [0.1, 0.15) is 51.7 Å². The second-order valence-electron chi connectivity index (χ2n) is 8.67. The van der Waals surface area contributed by atoms with Crippen LogP contribution in [-0.4, -0.2) is 56.1 Å². The van der Waals surface area contributed by atoms with Gasteiger partial charge >= 0.3 is 0 Å². The van der Waals surface area contributed by atoms with Crippen LogP contribution in [0.4, 0.5) is 5.00 Å². The Morgan fingerprint density at radius 2 is 2.03 bits per heavy atom. The molecule has 3 aromatic heterocycles. The quantitative estimate of drug-likeness (QED) is 0.528. The smallest absolute Gasteiger partial charge is 0.260 e. The Labute approximate surface area is 191 Å². The summed E-state index contributed by atoms with van der Waals surface area (Å²) in [6.07, 6.45) is 1.25. The van der Waals surface area contributed by atoms with Crippen LogP contribution in [0.3, 0.4) is 0 Å². The first-order valence-electron chi connectivity index (χ1n) is 10.7. The lowest BCUT2D eigenvalue weighted by molar-refractivity contribution is 0.0133. The van der Waals surface area contributed by atoms with E-state index in [9.17, 15) is 15.0 Å². The zero-order valence-corrected chi connectivity index (χ0v) is 19.8. The van der Waals surface area contributed by atoms with E-state index in [2.05, 4.69) is 29.0 Å². The van der Waals surface area contributed by atoms with Crippen molar-refractivity contribution in [2.24, 2.45) is 5.92 Å². The van der Waals surface area contributed by atoms with Gasteiger partial charge in [0, 0.05) is 47.9 Å². The highest BCUT2D eigenvalue weighted by atomic mass is 32.1. The van der Waals surface area contributed by atoms with E-state index < -0.39 is 6.35 Å². The molecule has 4 heterocycles. The molecule has 0 spiro atoms. The highest BCUT2D eigenvalue weighted by Gasteiger charge is 2.39. The number of aliphatic hydroxyl groups excluding tert-OH is 2. The number of nitrogens with one attached hydrogen (secondary N) is 1. The zero-order valence-electron chi connectivity index (χ0n) is 19.0. The van der Waals surface area contributed by atoms with Gasteiger partial charge in [-0.25, -0.2) is 0 Å². The molecular weight excluding hydrogens is 426 g/mol. The number of aromatic amines is 1. The van der Waals surface area contributed by atoms with Crippen LogP contribution >= 0.6 is 11.3 Å².